The zero-order valence-corrected chi connectivity index (χ0v) is 15.8. The molecular weight excluding hydrogens is 302 g/mol. The number of rotatable bonds is 12. The lowest BCUT2D eigenvalue weighted by Gasteiger charge is -2.01. The molecule has 2 heteroatoms. The van der Waals surface area contributed by atoms with Gasteiger partial charge in [0.15, 0.2) is 0 Å². The van der Waals surface area contributed by atoms with Gasteiger partial charge in [0.25, 0.3) is 0 Å². The second-order valence-electron chi connectivity index (χ2n) is 5.87. The SMILES string of the molecule is C#CCCCCCCCCCCCCCC.Cl.c1ccncc1. The van der Waals surface area contributed by atoms with Gasteiger partial charge in [-0.3, -0.25) is 4.98 Å². The Bertz CT molecular complexity index is 305. The topological polar surface area (TPSA) is 12.9 Å². The molecule has 0 aliphatic heterocycles. The van der Waals surface area contributed by atoms with Crippen LogP contribution in [0.15, 0.2) is 30.6 Å². The summed E-state index contributed by atoms with van der Waals surface area (Å²) in [5.74, 6) is 2.70. The van der Waals surface area contributed by atoms with E-state index in [-0.39, 0.29) is 12.4 Å². The molecule has 0 radical (unpaired) electrons. The minimum absolute atomic E-state index is 0. The standard InChI is InChI=1S/C16H30.C5H5N.ClH/c1-3-5-7-9-11-13-15-16-14-12-10-8-6-4-2;1-2-4-6-5-3-1;/h1H,4-16H2,2H3;1-5H;1H. The van der Waals surface area contributed by atoms with E-state index in [0.717, 1.165) is 6.42 Å². The molecule has 0 unspecified atom stereocenters. The van der Waals surface area contributed by atoms with Crippen molar-refractivity contribution in [2.24, 2.45) is 0 Å². The van der Waals surface area contributed by atoms with Gasteiger partial charge in [-0.2, -0.15) is 0 Å². The molecule has 1 nitrogen and oxygen atoms in total. The predicted octanol–water partition coefficient (Wildman–Crippen LogP) is 7.21. The van der Waals surface area contributed by atoms with E-state index >= 15 is 0 Å². The van der Waals surface area contributed by atoms with Crippen molar-refractivity contribution >= 4 is 12.4 Å². The smallest absolute Gasteiger partial charge is 0.0267 e. The summed E-state index contributed by atoms with van der Waals surface area (Å²) >= 11 is 0. The summed E-state index contributed by atoms with van der Waals surface area (Å²) in [6.07, 6.45) is 26.5. The monoisotopic (exact) mass is 337 g/mol. The Hall–Kier alpha value is -1.00. The highest BCUT2D eigenvalue weighted by atomic mass is 35.5. The fraction of sp³-hybridized carbons (Fsp3) is 0.667. The van der Waals surface area contributed by atoms with Gasteiger partial charge in [0, 0.05) is 18.8 Å². The first-order valence-corrected chi connectivity index (χ1v) is 9.20. The number of halogens is 1. The summed E-state index contributed by atoms with van der Waals surface area (Å²) in [6.45, 7) is 2.28. The summed E-state index contributed by atoms with van der Waals surface area (Å²) < 4.78 is 0. The molecule has 0 aliphatic carbocycles. The van der Waals surface area contributed by atoms with E-state index in [1.165, 1.54) is 77.0 Å². The highest BCUT2D eigenvalue weighted by Gasteiger charge is 1.92. The second kappa shape index (κ2) is 23.3. The van der Waals surface area contributed by atoms with Crippen LogP contribution in [0.4, 0.5) is 0 Å². The third kappa shape index (κ3) is 23.4. The van der Waals surface area contributed by atoms with Crippen LogP contribution in [0.2, 0.25) is 0 Å². The first-order valence-electron chi connectivity index (χ1n) is 9.20. The third-order valence-electron chi connectivity index (χ3n) is 3.74. The van der Waals surface area contributed by atoms with Crippen molar-refractivity contribution in [1.29, 1.82) is 0 Å². The van der Waals surface area contributed by atoms with Gasteiger partial charge in [0.05, 0.1) is 0 Å². The highest BCUT2D eigenvalue weighted by molar-refractivity contribution is 5.85. The molecule has 0 atom stereocenters. The van der Waals surface area contributed by atoms with Crippen molar-refractivity contribution < 1.29 is 0 Å². The minimum Gasteiger partial charge on any atom is -0.265 e. The molecule has 23 heavy (non-hydrogen) atoms. The van der Waals surface area contributed by atoms with Crippen LogP contribution in [-0.2, 0) is 0 Å². The van der Waals surface area contributed by atoms with Crippen LogP contribution in [0.3, 0.4) is 0 Å². The first-order chi connectivity index (χ1) is 10.9. The van der Waals surface area contributed by atoms with Gasteiger partial charge in [-0.15, -0.1) is 24.8 Å². The van der Waals surface area contributed by atoms with E-state index < -0.39 is 0 Å². The number of hydrogen-bond acceptors (Lipinski definition) is 1. The van der Waals surface area contributed by atoms with Crippen LogP contribution in [0.5, 0.6) is 0 Å². The number of aromatic nitrogens is 1. The van der Waals surface area contributed by atoms with Crippen molar-refractivity contribution in [3.63, 3.8) is 0 Å². The number of pyridine rings is 1. The average Bonchev–Trinajstić information content (AvgIpc) is 2.58. The van der Waals surface area contributed by atoms with E-state index in [4.69, 9.17) is 6.42 Å². The number of terminal acetylenes is 1. The van der Waals surface area contributed by atoms with Crippen molar-refractivity contribution in [3.8, 4) is 12.3 Å². The molecule has 0 bridgehead atoms. The van der Waals surface area contributed by atoms with Gasteiger partial charge in [0.2, 0.25) is 0 Å². The molecule has 132 valence electrons. The zero-order valence-electron chi connectivity index (χ0n) is 15.0. The maximum atomic E-state index is 5.21. The quantitative estimate of drug-likeness (QED) is 0.290. The van der Waals surface area contributed by atoms with E-state index in [9.17, 15) is 0 Å². The summed E-state index contributed by atoms with van der Waals surface area (Å²) in [7, 11) is 0. The maximum Gasteiger partial charge on any atom is 0.0267 e. The van der Waals surface area contributed by atoms with Crippen molar-refractivity contribution in [1.82, 2.24) is 4.98 Å². The van der Waals surface area contributed by atoms with Crippen molar-refractivity contribution in [2.75, 3.05) is 0 Å². The average molecular weight is 338 g/mol. The third-order valence-corrected chi connectivity index (χ3v) is 3.74. The lowest BCUT2D eigenvalue weighted by atomic mass is 10.0. The molecule has 1 rings (SSSR count). The molecule has 0 saturated heterocycles. The van der Waals surface area contributed by atoms with E-state index in [1.807, 2.05) is 18.2 Å². The van der Waals surface area contributed by atoms with Gasteiger partial charge in [-0.1, -0.05) is 83.6 Å². The normalized spacial score (nSPS) is 9.22. The predicted molar refractivity (Wildman–Crippen MR) is 106 cm³/mol. The van der Waals surface area contributed by atoms with Crippen molar-refractivity contribution in [3.05, 3.63) is 30.6 Å². The van der Waals surface area contributed by atoms with Crippen LogP contribution < -0.4 is 0 Å². The molecule has 1 aromatic rings. The van der Waals surface area contributed by atoms with Gasteiger partial charge in [-0.25, -0.2) is 0 Å². The molecule has 0 amide bonds. The lowest BCUT2D eigenvalue weighted by Crippen LogP contribution is -1.82. The van der Waals surface area contributed by atoms with Gasteiger partial charge in [0.1, 0.15) is 0 Å². The highest BCUT2D eigenvalue weighted by Crippen LogP contribution is 2.12. The van der Waals surface area contributed by atoms with E-state index in [2.05, 4.69) is 17.8 Å². The molecule has 1 heterocycles. The Kier molecular flexibility index (Phi) is 24.5. The van der Waals surface area contributed by atoms with Crippen LogP contribution in [0, 0.1) is 12.3 Å². The molecule has 1 aromatic heterocycles. The first kappa shape index (κ1) is 24.3. The van der Waals surface area contributed by atoms with Crippen LogP contribution in [0.25, 0.3) is 0 Å². The molecule has 0 spiro atoms. The molecule has 0 aromatic carbocycles. The fourth-order valence-electron chi connectivity index (χ4n) is 2.38. The van der Waals surface area contributed by atoms with Gasteiger partial charge in [-0.05, 0) is 18.6 Å². The Morgan fingerprint density at radius 1 is 0.696 bits per heavy atom. The molecule has 0 fully saturated rings. The molecular formula is C21H36ClN. The fourth-order valence-corrected chi connectivity index (χ4v) is 2.38. The lowest BCUT2D eigenvalue weighted by molar-refractivity contribution is 0.545. The molecule has 0 saturated carbocycles. The largest absolute Gasteiger partial charge is 0.265 e. The molecule has 0 N–H and O–H groups in total. The summed E-state index contributed by atoms with van der Waals surface area (Å²) in [5.41, 5.74) is 0. The zero-order chi connectivity index (χ0) is 16.1. The minimum atomic E-state index is 0. The van der Waals surface area contributed by atoms with Crippen LogP contribution in [0.1, 0.15) is 90.4 Å². The molecule has 0 aliphatic rings. The number of unbranched alkanes of at least 4 members (excludes halogenated alkanes) is 12. The maximum absolute atomic E-state index is 5.21. The second-order valence-corrected chi connectivity index (χ2v) is 5.87. The summed E-state index contributed by atoms with van der Waals surface area (Å²) in [6, 6.07) is 5.72. The Morgan fingerprint density at radius 3 is 1.43 bits per heavy atom. The van der Waals surface area contributed by atoms with Crippen molar-refractivity contribution in [2.45, 2.75) is 90.4 Å². The Morgan fingerprint density at radius 2 is 1.13 bits per heavy atom. The van der Waals surface area contributed by atoms with Gasteiger partial charge >= 0.3 is 0 Å². The van der Waals surface area contributed by atoms with E-state index in [0.29, 0.717) is 0 Å². The Labute approximate surface area is 151 Å². The summed E-state index contributed by atoms with van der Waals surface area (Å²) in [5, 5.41) is 0. The van der Waals surface area contributed by atoms with Gasteiger partial charge < -0.3 is 0 Å². The number of hydrogen-bond donors (Lipinski definition) is 0. The number of nitrogens with zero attached hydrogens (tertiary/aromatic N) is 1. The van der Waals surface area contributed by atoms with E-state index in [1.54, 1.807) is 12.4 Å². The Balaban J connectivity index is 0. The summed E-state index contributed by atoms with van der Waals surface area (Å²) in [4.78, 5) is 3.78. The van der Waals surface area contributed by atoms with Crippen LogP contribution >= 0.6 is 12.4 Å². The van der Waals surface area contributed by atoms with Crippen LogP contribution in [-0.4, -0.2) is 4.98 Å².